The first-order valence-electron chi connectivity index (χ1n) is 4.43. The highest BCUT2D eigenvalue weighted by Gasteiger charge is 2.23. The van der Waals surface area contributed by atoms with Gasteiger partial charge < -0.3 is 4.74 Å². The highest BCUT2D eigenvalue weighted by Crippen LogP contribution is 2.32. The van der Waals surface area contributed by atoms with E-state index in [1.807, 2.05) is 0 Å². The Morgan fingerprint density at radius 1 is 1.45 bits per heavy atom. The van der Waals surface area contributed by atoms with Crippen molar-refractivity contribution in [2.45, 2.75) is 25.7 Å². The van der Waals surface area contributed by atoms with Gasteiger partial charge in [-0.15, -0.1) is 0 Å². The summed E-state index contributed by atoms with van der Waals surface area (Å²) in [4.78, 5) is 0. The van der Waals surface area contributed by atoms with Crippen LogP contribution in [0.3, 0.4) is 0 Å². The second-order valence-corrected chi connectivity index (χ2v) is 4.06. The summed E-state index contributed by atoms with van der Waals surface area (Å²) >= 11 is 3.55. The molecule has 1 saturated carbocycles. The zero-order valence-corrected chi connectivity index (χ0v) is 8.77. The van der Waals surface area contributed by atoms with Gasteiger partial charge in [-0.05, 0) is 11.8 Å². The Morgan fingerprint density at radius 2 is 2.09 bits per heavy atom. The molecule has 1 nitrogen and oxygen atoms in total. The van der Waals surface area contributed by atoms with Crippen LogP contribution in [0, 0.1) is 11.8 Å². The van der Waals surface area contributed by atoms with Gasteiger partial charge in [0.2, 0.25) is 0 Å². The quantitative estimate of drug-likeness (QED) is 0.663. The van der Waals surface area contributed by atoms with Gasteiger partial charge in [-0.2, -0.15) is 0 Å². The van der Waals surface area contributed by atoms with Crippen LogP contribution >= 0.6 is 15.9 Å². The van der Waals surface area contributed by atoms with Crippen LogP contribution in [0.15, 0.2) is 0 Å². The Kier molecular flexibility index (Phi) is 4.46. The monoisotopic (exact) mass is 220 g/mol. The first kappa shape index (κ1) is 9.53. The average Bonchev–Trinajstić information content (AvgIpc) is 2.52. The second-order valence-electron chi connectivity index (χ2n) is 3.41. The Balaban J connectivity index is 2.27. The zero-order chi connectivity index (χ0) is 8.10. The molecule has 0 aromatic heterocycles. The van der Waals surface area contributed by atoms with Gasteiger partial charge in [0.1, 0.15) is 0 Å². The molecule has 0 bridgehead atoms. The molecule has 2 heteroatoms. The van der Waals surface area contributed by atoms with E-state index in [1.165, 1.54) is 25.7 Å². The molecule has 1 aliphatic carbocycles. The first-order valence-corrected chi connectivity index (χ1v) is 5.55. The Labute approximate surface area is 77.6 Å². The molecule has 0 aromatic rings. The summed E-state index contributed by atoms with van der Waals surface area (Å²) in [6.07, 6.45) is 5.69. The van der Waals surface area contributed by atoms with Crippen LogP contribution in [0.25, 0.3) is 0 Å². The molecule has 0 heterocycles. The maximum absolute atomic E-state index is 5.18. The van der Waals surface area contributed by atoms with Crippen molar-refractivity contribution in [3.05, 3.63) is 0 Å². The minimum Gasteiger partial charge on any atom is -0.384 e. The van der Waals surface area contributed by atoms with Crippen molar-refractivity contribution in [2.75, 3.05) is 19.0 Å². The fourth-order valence-electron chi connectivity index (χ4n) is 1.95. The van der Waals surface area contributed by atoms with Crippen LogP contribution in [0.1, 0.15) is 25.7 Å². The fraction of sp³-hybridized carbons (Fsp3) is 1.00. The van der Waals surface area contributed by atoms with Gasteiger partial charge in [-0.1, -0.05) is 41.6 Å². The van der Waals surface area contributed by atoms with E-state index in [2.05, 4.69) is 15.9 Å². The van der Waals surface area contributed by atoms with Gasteiger partial charge in [0.05, 0.1) is 6.61 Å². The molecular weight excluding hydrogens is 204 g/mol. The number of halogens is 1. The summed E-state index contributed by atoms with van der Waals surface area (Å²) in [7, 11) is 1.80. The SMILES string of the molecule is COCC(CBr)C1CCCC1. The van der Waals surface area contributed by atoms with Gasteiger partial charge in [0.25, 0.3) is 0 Å². The molecule has 0 N–H and O–H groups in total. The van der Waals surface area contributed by atoms with Crippen molar-refractivity contribution in [1.29, 1.82) is 0 Å². The minimum absolute atomic E-state index is 0.752. The standard InChI is InChI=1S/C9H17BrO/c1-11-7-9(6-10)8-4-2-3-5-8/h8-9H,2-7H2,1H3. The van der Waals surface area contributed by atoms with E-state index in [0.717, 1.165) is 23.8 Å². The maximum Gasteiger partial charge on any atom is 0.0501 e. The van der Waals surface area contributed by atoms with Crippen molar-refractivity contribution in [3.63, 3.8) is 0 Å². The molecule has 0 aromatic carbocycles. The highest BCUT2D eigenvalue weighted by molar-refractivity contribution is 9.09. The van der Waals surface area contributed by atoms with Gasteiger partial charge >= 0.3 is 0 Å². The van der Waals surface area contributed by atoms with E-state index in [1.54, 1.807) is 7.11 Å². The van der Waals surface area contributed by atoms with Crippen LogP contribution in [-0.4, -0.2) is 19.0 Å². The number of hydrogen-bond acceptors (Lipinski definition) is 1. The number of methoxy groups -OCH3 is 1. The molecule has 1 atom stereocenters. The lowest BCUT2D eigenvalue weighted by molar-refractivity contribution is 0.134. The number of ether oxygens (including phenoxy) is 1. The average molecular weight is 221 g/mol. The fourth-order valence-corrected chi connectivity index (χ4v) is 2.67. The predicted molar refractivity (Wildman–Crippen MR) is 51.1 cm³/mol. The van der Waals surface area contributed by atoms with Gasteiger partial charge in [-0.25, -0.2) is 0 Å². The van der Waals surface area contributed by atoms with Crippen LogP contribution in [0.5, 0.6) is 0 Å². The van der Waals surface area contributed by atoms with Crippen molar-refractivity contribution < 1.29 is 4.74 Å². The third-order valence-electron chi connectivity index (χ3n) is 2.65. The molecule has 0 radical (unpaired) electrons. The smallest absolute Gasteiger partial charge is 0.0501 e. The molecule has 0 aliphatic heterocycles. The normalized spacial score (nSPS) is 22.4. The molecular formula is C9H17BrO. The molecule has 0 saturated heterocycles. The molecule has 11 heavy (non-hydrogen) atoms. The number of rotatable bonds is 4. The molecule has 0 amide bonds. The molecule has 66 valence electrons. The summed E-state index contributed by atoms with van der Waals surface area (Å²) in [5.74, 6) is 1.68. The summed E-state index contributed by atoms with van der Waals surface area (Å²) in [5.41, 5.74) is 0. The molecule has 0 spiro atoms. The zero-order valence-electron chi connectivity index (χ0n) is 7.18. The largest absolute Gasteiger partial charge is 0.384 e. The van der Waals surface area contributed by atoms with Crippen molar-refractivity contribution in [1.82, 2.24) is 0 Å². The topological polar surface area (TPSA) is 9.23 Å². The number of hydrogen-bond donors (Lipinski definition) is 0. The molecule has 1 unspecified atom stereocenters. The lowest BCUT2D eigenvalue weighted by atomic mass is 9.93. The lowest BCUT2D eigenvalue weighted by Gasteiger charge is -2.19. The van der Waals surface area contributed by atoms with Crippen LogP contribution in [0.2, 0.25) is 0 Å². The first-order chi connectivity index (χ1) is 5.38. The molecule has 1 fully saturated rings. The Morgan fingerprint density at radius 3 is 2.55 bits per heavy atom. The maximum atomic E-state index is 5.18. The minimum atomic E-state index is 0.752. The van der Waals surface area contributed by atoms with E-state index in [-0.39, 0.29) is 0 Å². The lowest BCUT2D eigenvalue weighted by Crippen LogP contribution is -2.18. The number of alkyl halides is 1. The van der Waals surface area contributed by atoms with E-state index >= 15 is 0 Å². The van der Waals surface area contributed by atoms with Crippen molar-refractivity contribution in [2.24, 2.45) is 11.8 Å². The van der Waals surface area contributed by atoms with E-state index in [0.29, 0.717) is 0 Å². The summed E-state index contributed by atoms with van der Waals surface area (Å²) in [6, 6.07) is 0. The Bertz CT molecular complexity index is 99.7. The highest BCUT2D eigenvalue weighted by atomic mass is 79.9. The van der Waals surface area contributed by atoms with Crippen molar-refractivity contribution >= 4 is 15.9 Å². The molecule has 1 aliphatic rings. The van der Waals surface area contributed by atoms with E-state index < -0.39 is 0 Å². The third-order valence-corrected chi connectivity index (χ3v) is 3.48. The van der Waals surface area contributed by atoms with Gasteiger partial charge in [0, 0.05) is 12.4 Å². The summed E-state index contributed by atoms with van der Waals surface area (Å²) in [6.45, 7) is 0.927. The van der Waals surface area contributed by atoms with Gasteiger partial charge in [0.15, 0.2) is 0 Å². The van der Waals surface area contributed by atoms with Crippen molar-refractivity contribution in [3.8, 4) is 0 Å². The summed E-state index contributed by atoms with van der Waals surface area (Å²) in [5, 5.41) is 1.10. The second kappa shape index (κ2) is 5.15. The van der Waals surface area contributed by atoms with Crippen LogP contribution in [-0.2, 0) is 4.74 Å². The molecule has 1 rings (SSSR count). The summed E-state index contributed by atoms with van der Waals surface area (Å²) < 4.78 is 5.18. The van der Waals surface area contributed by atoms with Crippen LogP contribution in [0.4, 0.5) is 0 Å². The van der Waals surface area contributed by atoms with E-state index in [4.69, 9.17) is 4.74 Å². The predicted octanol–water partition coefficient (Wildman–Crippen LogP) is 2.83. The van der Waals surface area contributed by atoms with Crippen LogP contribution < -0.4 is 0 Å². The Hall–Kier alpha value is 0.440. The van der Waals surface area contributed by atoms with Gasteiger partial charge in [-0.3, -0.25) is 0 Å². The third kappa shape index (κ3) is 2.75. The van der Waals surface area contributed by atoms with E-state index in [9.17, 15) is 0 Å².